The highest BCUT2D eigenvalue weighted by molar-refractivity contribution is 7.89. The molecule has 2 aromatic carbocycles. The number of hydrogen-bond acceptors (Lipinski definition) is 9. The molecule has 0 bridgehead atoms. The van der Waals surface area contributed by atoms with Crippen LogP contribution in [0.1, 0.15) is 25.3 Å². The monoisotopic (exact) mass is 431 g/mol. The van der Waals surface area contributed by atoms with Crippen molar-refractivity contribution in [2.45, 2.75) is 31.1 Å². The smallest absolute Gasteiger partial charge is 0.240 e. The third-order valence-corrected chi connectivity index (χ3v) is 5.86. The van der Waals surface area contributed by atoms with Gasteiger partial charge in [-0.05, 0) is 47.5 Å². The number of ether oxygens (including phenoxy) is 1. The van der Waals surface area contributed by atoms with Gasteiger partial charge in [-0.3, -0.25) is 0 Å². The van der Waals surface area contributed by atoms with Gasteiger partial charge in [0.1, 0.15) is 33.8 Å². The third kappa shape index (κ3) is 3.95. The van der Waals surface area contributed by atoms with Crippen molar-refractivity contribution in [2.75, 3.05) is 0 Å². The minimum atomic E-state index is -4.01. The average molecular weight is 432 g/mol. The van der Waals surface area contributed by atoms with Crippen LogP contribution < -0.4 is 9.88 Å². The summed E-state index contributed by atoms with van der Waals surface area (Å²) in [6.45, 7) is 2.03. The van der Waals surface area contributed by atoms with Gasteiger partial charge in [-0.1, -0.05) is 13.3 Å². The molecule has 29 heavy (non-hydrogen) atoms. The number of benzene rings is 2. The largest absolute Gasteiger partial charge is 0.457 e. The van der Waals surface area contributed by atoms with E-state index in [1.165, 1.54) is 11.0 Å². The van der Waals surface area contributed by atoms with E-state index in [9.17, 15) is 8.42 Å². The number of nitrogens with zero attached hydrogens (tertiary/aromatic N) is 6. The first kappa shape index (κ1) is 19.4. The SMILES string of the molecule is CCCCc1c(Oc2ccc(-n3cnnn3)cc2)cc2nsnc2c1S(N)(=O)=O. The molecule has 0 radical (unpaired) electrons. The Hall–Kier alpha value is -2.96. The molecular weight excluding hydrogens is 414 g/mol. The number of unbranched alkanes of at least 4 members (excludes halogenated alkanes) is 1. The van der Waals surface area contributed by atoms with Crippen LogP contribution in [0.15, 0.2) is 41.6 Å². The number of hydrogen-bond donors (Lipinski definition) is 1. The summed E-state index contributed by atoms with van der Waals surface area (Å²) in [7, 11) is -4.01. The summed E-state index contributed by atoms with van der Waals surface area (Å²) in [5, 5.41) is 16.6. The van der Waals surface area contributed by atoms with E-state index >= 15 is 0 Å². The van der Waals surface area contributed by atoms with Crippen LogP contribution in [0.25, 0.3) is 16.7 Å². The average Bonchev–Trinajstić information content (AvgIpc) is 3.37. The molecule has 0 fully saturated rings. The quantitative estimate of drug-likeness (QED) is 0.471. The molecule has 0 saturated carbocycles. The second-order valence-corrected chi connectivity index (χ2v) is 8.34. The van der Waals surface area contributed by atoms with Crippen molar-refractivity contribution in [1.82, 2.24) is 29.0 Å². The molecule has 0 aliphatic carbocycles. The molecular formula is C17H17N7O3S2. The normalized spacial score (nSPS) is 11.8. The molecule has 2 aromatic heterocycles. The van der Waals surface area contributed by atoms with E-state index in [2.05, 4.69) is 24.3 Å². The van der Waals surface area contributed by atoms with Gasteiger partial charge in [0, 0.05) is 11.6 Å². The highest BCUT2D eigenvalue weighted by Crippen LogP contribution is 2.36. The molecule has 4 aromatic rings. The summed E-state index contributed by atoms with van der Waals surface area (Å²) in [5.41, 5.74) is 1.99. The zero-order chi connectivity index (χ0) is 20.4. The van der Waals surface area contributed by atoms with E-state index in [-0.39, 0.29) is 10.4 Å². The molecule has 2 heterocycles. The predicted octanol–water partition coefficient (Wildman–Crippen LogP) is 2.45. The number of sulfonamides is 1. The molecule has 0 aliphatic heterocycles. The van der Waals surface area contributed by atoms with Gasteiger partial charge < -0.3 is 4.74 Å². The molecule has 0 saturated heterocycles. The molecule has 150 valence electrons. The lowest BCUT2D eigenvalue weighted by Crippen LogP contribution is -2.16. The second-order valence-electron chi connectivity index (χ2n) is 6.31. The molecule has 0 unspecified atom stereocenters. The van der Waals surface area contributed by atoms with Gasteiger partial charge in [-0.2, -0.15) is 8.75 Å². The summed E-state index contributed by atoms with van der Waals surface area (Å²) >= 11 is 0.934. The fourth-order valence-electron chi connectivity index (χ4n) is 2.98. The zero-order valence-corrected chi connectivity index (χ0v) is 17.0. The minimum Gasteiger partial charge on any atom is -0.457 e. The Bertz CT molecular complexity index is 1240. The first-order valence-corrected chi connectivity index (χ1v) is 11.1. The number of tetrazole rings is 1. The Balaban J connectivity index is 1.78. The van der Waals surface area contributed by atoms with Crippen LogP contribution >= 0.6 is 11.7 Å². The molecule has 0 amide bonds. The number of nitrogens with two attached hydrogens (primary N) is 1. The predicted molar refractivity (Wildman–Crippen MR) is 107 cm³/mol. The lowest BCUT2D eigenvalue weighted by atomic mass is 10.1. The molecule has 10 nitrogen and oxygen atoms in total. The van der Waals surface area contributed by atoms with E-state index in [4.69, 9.17) is 9.88 Å². The summed E-state index contributed by atoms with van der Waals surface area (Å²) in [4.78, 5) is -0.0162. The second kappa shape index (κ2) is 7.81. The van der Waals surface area contributed by atoms with Crippen molar-refractivity contribution in [2.24, 2.45) is 5.14 Å². The number of fused-ring (bicyclic) bond motifs is 1. The standard InChI is InChI=1S/C17H17N7O3S2/c1-2-3-4-13-15(9-14-16(21-28-20-14)17(13)29(18,25)26)27-12-7-5-11(6-8-12)24-10-19-22-23-24/h5-10H,2-4H2,1H3,(H2,18,25,26). The van der Waals surface area contributed by atoms with Crippen LogP contribution in [0.4, 0.5) is 0 Å². The summed E-state index contributed by atoms with van der Waals surface area (Å²) in [5.74, 6) is 0.931. The number of aromatic nitrogens is 6. The Morgan fingerprint density at radius 3 is 2.66 bits per heavy atom. The first-order valence-electron chi connectivity index (χ1n) is 8.79. The highest BCUT2D eigenvalue weighted by Gasteiger charge is 2.25. The molecule has 12 heteroatoms. The van der Waals surface area contributed by atoms with Crippen molar-refractivity contribution in [3.63, 3.8) is 0 Å². The van der Waals surface area contributed by atoms with Gasteiger partial charge in [-0.15, -0.1) is 5.10 Å². The Kier molecular flexibility index (Phi) is 5.22. The lowest BCUT2D eigenvalue weighted by molar-refractivity contribution is 0.472. The maximum atomic E-state index is 12.3. The summed E-state index contributed by atoms with van der Waals surface area (Å²) in [6, 6.07) is 8.79. The van der Waals surface area contributed by atoms with Crippen molar-refractivity contribution in [3.05, 3.63) is 42.2 Å². The topological polar surface area (TPSA) is 139 Å². The molecule has 2 N–H and O–H groups in total. The van der Waals surface area contributed by atoms with Crippen LogP contribution in [0.2, 0.25) is 0 Å². The van der Waals surface area contributed by atoms with E-state index in [0.717, 1.165) is 30.3 Å². The van der Waals surface area contributed by atoms with E-state index < -0.39 is 10.0 Å². The van der Waals surface area contributed by atoms with E-state index in [1.54, 1.807) is 30.3 Å². The Morgan fingerprint density at radius 1 is 1.21 bits per heavy atom. The van der Waals surface area contributed by atoms with Crippen LogP contribution in [0, 0.1) is 0 Å². The maximum absolute atomic E-state index is 12.3. The van der Waals surface area contributed by atoms with Crippen molar-refractivity contribution in [1.29, 1.82) is 0 Å². The fourth-order valence-corrected chi connectivity index (χ4v) is 4.53. The third-order valence-electron chi connectivity index (χ3n) is 4.31. The molecule has 0 aliphatic rings. The van der Waals surface area contributed by atoms with Crippen molar-refractivity contribution >= 4 is 32.8 Å². The van der Waals surface area contributed by atoms with Crippen LogP contribution in [0.5, 0.6) is 11.5 Å². The van der Waals surface area contributed by atoms with Crippen molar-refractivity contribution in [3.8, 4) is 17.2 Å². The van der Waals surface area contributed by atoms with E-state index in [0.29, 0.717) is 29.0 Å². The van der Waals surface area contributed by atoms with Gasteiger partial charge in [0.15, 0.2) is 0 Å². The molecule has 0 atom stereocenters. The fraction of sp³-hybridized carbons (Fsp3) is 0.235. The van der Waals surface area contributed by atoms with Crippen LogP contribution in [-0.2, 0) is 16.4 Å². The number of rotatable bonds is 7. The van der Waals surface area contributed by atoms with Gasteiger partial charge in [0.25, 0.3) is 0 Å². The minimum absolute atomic E-state index is 0.0162. The van der Waals surface area contributed by atoms with Crippen LogP contribution in [0.3, 0.4) is 0 Å². The molecule has 4 rings (SSSR count). The maximum Gasteiger partial charge on any atom is 0.240 e. The number of primary sulfonamides is 1. The zero-order valence-electron chi connectivity index (χ0n) is 15.4. The highest BCUT2D eigenvalue weighted by atomic mass is 32.2. The van der Waals surface area contributed by atoms with Gasteiger partial charge in [-0.25, -0.2) is 18.2 Å². The van der Waals surface area contributed by atoms with Gasteiger partial charge in [0.2, 0.25) is 10.0 Å². The summed E-state index contributed by atoms with van der Waals surface area (Å²) in [6.07, 6.45) is 3.64. The van der Waals surface area contributed by atoms with E-state index in [1.807, 2.05) is 6.92 Å². The van der Waals surface area contributed by atoms with Gasteiger partial charge in [0.05, 0.1) is 17.4 Å². The van der Waals surface area contributed by atoms with Crippen LogP contribution in [-0.4, -0.2) is 37.4 Å². The van der Waals surface area contributed by atoms with Crippen molar-refractivity contribution < 1.29 is 13.2 Å². The lowest BCUT2D eigenvalue weighted by Gasteiger charge is -2.15. The molecule has 0 spiro atoms. The summed E-state index contributed by atoms with van der Waals surface area (Å²) < 4.78 is 40.6. The van der Waals surface area contributed by atoms with Gasteiger partial charge >= 0.3 is 0 Å². The first-order chi connectivity index (χ1) is 14.0. The Labute approximate surface area is 170 Å². The Morgan fingerprint density at radius 2 is 2.00 bits per heavy atom.